The van der Waals surface area contributed by atoms with Crippen LogP contribution < -0.4 is 4.74 Å². The van der Waals surface area contributed by atoms with E-state index in [1.807, 2.05) is 13.8 Å². The molecular formula is C17H24ClNO4S. The molecule has 1 aliphatic rings. The zero-order valence-electron chi connectivity index (χ0n) is 14.3. The summed E-state index contributed by atoms with van der Waals surface area (Å²) in [6, 6.07) is 4.99. The van der Waals surface area contributed by atoms with Crippen LogP contribution in [0.15, 0.2) is 18.2 Å². The molecule has 0 aliphatic carbocycles. The number of amides is 1. The first kappa shape index (κ1) is 19.1. The summed E-state index contributed by atoms with van der Waals surface area (Å²) < 4.78 is 29.3. The Morgan fingerprint density at radius 1 is 1.46 bits per heavy atom. The molecule has 2 atom stereocenters. The molecule has 0 saturated carbocycles. The third kappa shape index (κ3) is 4.63. The van der Waals surface area contributed by atoms with Crippen molar-refractivity contribution in [1.82, 2.24) is 4.90 Å². The van der Waals surface area contributed by atoms with E-state index in [9.17, 15) is 13.2 Å². The van der Waals surface area contributed by atoms with Gasteiger partial charge in [0.25, 0.3) is 5.91 Å². The van der Waals surface area contributed by atoms with Gasteiger partial charge in [-0.1, -0.05) is 18.5 Å². The SMILES string of the molecule is CCCN(C(=O)C(C)Oc1ccc(Cl)cc1C)C1CCS(=O)(=O)C1. The normalized spacial score (nSPS) is 20.6. The topological polar surface area (TPSA) is 63.7 Å². The van der Waals surface area contributed by atoms with Gasteiger partial charge in [-0.15, -0.1) is 0 Å². The lowest BCUT2D eigenvalue weighted by atomic mass is 10.1. The monoisotopic (exact) mass is 373 g/mol. The number of carbonyl (C=O) groups excluding carboxylic acids is 1. The smallest absolute Gasteiger partial charge is 0.263 e. The number of hydrogen-bond acceptors (Lipinski definition) is 4. The quantitative estimate of drug-likeness (QED) is 0.769. The predicted octanol–water partition coefficient (Wildman–Crippen LogP) is 2.84. The van der Waals surface area contributed by atoms with Crippen molar-refractivity contribution in [3.8, 4) is 5.75 Å². The molecule has 0 N–H and O–H groups in total. The van der Waals surface area contributed by atoms with Gasteiger partial charge in [0.15, 0.2) is 15.9 Å². The van der Waals surface area contributed by atoms with Gasteiger partial charge in [-0.3, -0.25) is 4.79 Å². The molecule has 1 aromatic carbocycles. The second-order valence-corrected chi connectivity index (χ2v) is 8.92. The molecule has 24 heavy (non-hydrogen) atoms. The molecule has 2 unspecified atom stereocenters. The fourth-order valence-corrected chi connectivity index (χ4v) is 4.91. The molecule has 5 nitrogen and oxygen atoms in total. The summed E-state index contributed by atoms with van der Waals surface area (Å²) in [5.41, 5.74) is 0.854. The highest BCUT2D eigenvalue weighted by atomic mass is 35.5. The Balaban J connectivity index is 2.11. The molecule has 1 aliphatic heterocycles. The molecule has 1 heterocycles. The van der Waals surface area contributed by atoms with Crippen LogP contribution in [0, 0.1) is 6.92 Å². The van der Waals surface area contributed by atoms with E-state index in [0.717, 1.165) is 12.0 Å². The van der Waals surface area contributed by atoms with Crippen LogP contribution >= 0.6 is 11.6 Å². The van der Waals surface area contributed by atoms with Gasteiger partial charge in [-0.25, -0.2) is 8.42 Å². The first-order chi connectivity index (χ1) is 11.2. The number of nitrogens with zero attached hydrogens (tertiary/aromatic N) is 1. The lowest BCUT2D eigenvalue weighted by Crippen LogP contribution is -2.47. The molecule has 1 amide bonds. The van der Waals surface area contributed by atoms with E-state index in [-0.39, 0.29) is 23.5 Å². The summed E-state index contributed by atoms with van der Waals surface area (Å²) in [6.45, 7) is 6.07. The Labute approximate surface area is 148 Å². The van der Waals surface area contributed by atoms with Crippen molar-refractivity contribution in [2.75, 3.05) is 18.1 Å². The van der Waals surface area contributed by atoms with Crippen LogP contribution in [0.5, 0.6) is 5.75 Å². The lowest BCUT2D eigenvalue weighted by Gasteiger charge is -2.30. The Morgan fingerprint density at radius 2 is 2.17 bits per heavy atom. The highest BCUT2D eigenvalue weighted by molar-refractivity contribution is 7.91. The molecule has 134 valence electrons. The molecule has 0 spiro atoms. The first-order valence-corrected chi connectivity index (χ1v) is 10.4. The lowest BCUT2D eigenvalue weighted by molar-refractivity contribution is -0.140. The second-order valence-electron chi connectivity index (χ2n) is 6.26. The van der Waals surface area contributed by atoms with Gasteiger partial charge in [-0.2, -0.15) is 0 Å². The van der Waals surface area contributed by atoms with E-state index in [4.69, 9.17) is 16.3 Å². The predicted molar refractivity (Wildman–Crippen MR) is 95.3 cm³/mol. The second kappa shape index (κ2) is 7.74. The summed E-state index contributed by atoms with van der Waals surface area (Å²) >= 11 is 5.93. The van der Waals surface area contributed by atoms with Gasteiger partial charge in [0, 0.05) is 17.6 Å². The van der Waals surface area contributed by atoms with Crippen LogP contribution in [-0.4, -0.2) is 49.4 Å². The Hall–Kier alpha value is -1.27. The summed E-state index contributed by atoms with van der Waals surface area (Å²) in [5.74, 6) is 0.631. The number of sulfone groups is 1. The van der Waals surface area contributed by atoms with Gasteiger partial charge in [0.05, 0.1) is 11.5 Å². The minimum Gasteiger partial charge on any atom is -0.481 e. The zero-order valence-corrected chi connectivity index (χ0v) is 15.9. The van der Waals surface area contributed by atoms with Gasteiger partial charge in [0.1, 0.15) is 5.75 Å². The molecular weight excluding hydrogens is 350 g/mol. The van der Waals surface area contributed by atoms with Crippen LogP contribution in [0.1, 0.15) is 32.3 Å². The standard InChI is InChI=1S/C17H24ClNO4S/c1-4-8-19(15-7-9-24(21,22)11-15)17(20)13(3)23-16-6-5-14(18)10-12(16)2/h5-6,10,13,15H,4,7-9,11H2,1-3H3. The molecule has 0 radical (unpaired) electrons. The third-order valence-electron chi connectivity index (χ3n) is 4.19. The van der Waals surface area contributed by atoms with E-state index >= 15 is 0 Å². The van der Waals surface area contributed by atoms with Crippen molar-refractivity contribution in [3.05, 3.63) is 28.8 Å². The number of benzene rings is 1. The maximum absolute atomic E-state index is 12.8. The van der Waals surface area contributed by atoms with Gasteiger partial charge in [-0.05, 0) is 50.5 Å². The highest BCUT2D eigenvalue weighted by Crippen LogP contribution is 2.24. The average Bonchev–Trinajstić information content (AvgIpc) is 2.86. The molecule has 1 saturated heterocycles. The minimum absolute atomic E-state index is 0.0471. The van der Waals surface area contributed by atoms with Crippen LogP contribution in [0.2, 0.25) is 5.02 Å². The molecule has 7 heteroatoms. The molecule has 1 aromatic rings. The fraction of sp³-hybridized carbons (Fsp3) is 0.588. The summed E-state index contributed by atoms with van der Waals surface area (Å²) in [6.07, 6.45) is 0.593. The number of rotatable bonds is 6. The number of halogens is 1. The zero-order chi connectivity index (χ0) is 17.9. The molecule has 0 aromatic heterocycles. The van der Waals surface area contributed by atoms with Gasteiger partial charge < -0.3 is 9.64 Å². The van der Waals surface area contributed by atoms with Crippen LogP contribution in [0.4, 0.5) is 0 Å². The average molecular weight is 374 g/mol. The summed E-state index contributed by atoms with van der Waals surface area (Å²) in [7, 11) is -3.04. The van der Waals surface area contributed by atoms with Crippen molar-refractivity contribution in [3.63, 3.8) is 0 Å². The first-order valence-electron chi connectivity index (χ1n) is 8.17. The highest BCUT2D eigenvalue weighted by Gasteiger charge is 2.36. The largest absolute Gasteiger partial charge is 0.481 e. The van der Waals surface area contributed by atoms with E-state index < -0.39 is 15.9 Å². The Kier molecular flexibility index (Phi) is 6.15. The Morgan fingerprint density at radius 3 is 2.71 bits per heavy atom. The number of hydrogen-bond donors (Lipinski definition) is 0. The van der Waals surface area contributed by atoms with Crippen molar-refractivity contribution in [2.24, 2.45) is 0 Å². The minimum atomic E-state index is -3.04. The van der Waals surface area contributed by atoms with Crippen molar-refractivity contribution in [2.45, 2.75) is 45.8 Å². The van der Waals surface area contributed by atoms with Crippen molar-refractivity contribution >= 4 is 27.3 Å². The number of aryl methyl sites for hydroxylation is 1. The maximum atomic E-state index is 12.8. The van der Waals surface area contributed by atoms with Crippen LogP contribution in [0.25, 0.3) is 0 Å². The van der Waals surface area contributed by atoms with Crippen LogP contribution in [0.3, 0.4) is 0 Å². The van der Waals surface area contributed by atoms with Crippen molar-refractivity contribution < 1.29 is 17.9 Å². The van der Waals surface area contributed by atoms with Gasteiger partial charge in [0.2, 0.25) is 0 Å². The summed E-state index contributed by atoms with van der Waals surface area (Å²) in [4.78, 5) is 14.5. The van der Waals surface area contributed by atoms with E-state index in [0.29, 0.717) is 23.7 Å². The van der Waals surface area contributed by atoms with Gasteiger partial charge >= 0.3 is 0 Å². The van der Waals surface area contributed by atoms with Crippen LogP contribution in [-0.2, 0) is 14.6 Å². The third-order valence-corrected chi connectivity index (χ3v) is 6.17. The molecule has 2 rings (SSSR count). The van der Waals surface area contributed by atoms with E-state index in [1.165, 1.54) is 0 Å². The fourth-order valence-electron chi connectivity index (χ4n) is 2.95. The van der Waals surface area contributed by atoms with Crippen molar-refractivity contribution in [1.29, 1.82) is 0 Å². The van der Waals surface area contributed by atoms with E-state index in [1.54, 1.807) is 30.0 Å². The maximum Gasteiger partial charge on any atom is 0.263 e. The van der Waals surface area contributed by atoms with E-state index in [2.05, 4.69) is 0 Å². The molecule has 1 fully saturated rings. The Bertz CT molecular complexity index is 705. The number of ether oxygens (including phenoxy) is 1. The molecule has 0 bridgehead atoms. The number of carbonyl (C=O) groups is 1. The summed E-state index contributed by atoms with van der Waals surface area (Å²) in [5, 5.41) is 0.614.